The summed E-state index contributed by atoms with van der Waals surface area (Å²) in [7, 11) is -2.75. The highest BCUT2D eigenvalue weighted by atomic mass is 35.5. The summed E-state index contributed by atoms with van der Waals surface area (Å²) in [6, 6.07) is 9.64. The van der Waals surface area contributed by atoms with E-state index < -0.39 is 21.6 Å². The first kappa shape index (κ1) is 21.7. The van der Waals surface area contributed by atoms with E-state index in [4.69, 9.17) is 16.3 Å². The summed E-state index contributed by atoms with van der Waals surface area (Å²) in [5.41, 5.74) is 0.529. The van der Waals surface area contributed by atoms with Gasteiger partial charge in [-0.2, -0.15) is 0 Å². The van der Waals surface area contributed by atoms with Crippen LogP contribution in [0.4, 0.5) is 10.1 Å². The molecule has 0 fully saturated rings. The molecule has 0 aliphatic rings. The molecular formula is C21H18ClFN2O4S. The van der Waals surface area contributed by atoms with Crippen molar-refractivity contribution in [1.82, 2.24) is 4.98 Å². The number of nitrogens with zero attached hydrogens (tertiary/aromatic N) is 1. The fourth-order valence-corrected chi connectivity index (χ4v) is 4.09. The van der Waals surface area contributed by atoms with E-state index in [1.807, 2.05) is 0 Å². The lowest BCUT2D eigenvalue weighted by atomic mass is 10.0. The number of hydrogen-bond donors (Lipinski definition) is 1. The van der Waals surface area contributed by atoms with Gasteiger partial charge in [0, 0.05) is 11.2 Å². The number of aryl methyl sites for hydroxylation is 2. The molecule has 3 rings (SSSR count). The van der Waals surface area contributed by atoms with Gasteiger partial charge in [0.1, 0.15) is 22.8 Å². The van der Waals surface area contributed by atoms with Crippen molar-refractivity contribution in [3.05, 3.63) is 81.9 Å². The number of ether oxygens (including phenoxy) is 1. The highest BCUT2D eigenvalue weighted by Gasteiger charge is 2.25. The van der Waals surface area contributed by atoms with Gasteiger partial charge in [0.05, 0.1) is 17.7 Å². The minimum Gasteiger partial charge on any atom is -0.496 e. The summed E-state index contributed by atoms with van der Waals surface area (Å²) in [5, 5.41) is 0.425. The number of rotatable bonds is 6. The third-order valence-corrected chi connectivity index (χ3v) is 6.13. The van der Waals surface area contributed by atoms with Crippen LogP contribution in [0.25, 0.3) is 0 Å². The maximum absolute atomic E-state index is 14.4. The minimum atomic E-state index is -4.06. The van der Waals surface area contributed by atoms with Crippen molar-refractivity contribution in [2.24, 2.45) is 0 Å². The first-order chi connectivity index (χ1) is 14.1. The van der Waals surface area contributed by atoms with Crippen LogP contribution in [0.5, 0.6) is 5.75 Å². The van der Waals surface area contributed by atoms with E-state index in [0.29, 0.717) is 16.1 Å². The Bertz CT molecular complexity index is 1250. The minimum absolute atomic E-state index is 0.0181. The fourth-order valence-electron chi connectivity index (χ4n) is 2.83. The molecular weight excluding hydrogens is 431 g/mol. The molecule has 0 bridgehead atoms. The predicted molar refractivity (Wildman–Crippen MR) is 112 cm³/mol. The van der Waals surface area contributed by atoms with Gasteiger partial charge in [-0.3, -0.25) is 14.5 Å². The Hall–Kier alpha value is -2.97. The predicted octanol–water partition coefficient (Wildman–Crippen LogP) is 4.53. The van der Waals surface area contributed by atoms with Gasteiger partial charge >= 0.3 is 0 Å². The molecule has 30 heavy (non-hydrogen) atoms. The molecule has 1 N–H and O–H groups in total. The number of nitrogens with one attached hydrogen (secondary N) is 1. The van der Waals surface area contributed by atoms with Gasteiger partial charge in [-0.1, -0.05) is 17.7 Å². The number of hydrogen-bond acceptors (Lipinski definition) is 5. The number of carbonyl (C=O) groups excluding carboxylic acids is 1. The van der Waals surface area contributed by atoms with Gasteiger partial charge in [0.25, 0.3) is 10.0 Å². The zero-order valence-electron chi connectivity index (χ0n) is 16.4. The van der Waals surface area contributed by atoms with Crippen LogP contribution in [0.1, 0.15) is 27.2 Å². The van der Waals surface area contributed by atoms with Gasteiger partial charge < -0.3 is 4.74 Å². The van der Waals surface area contributed by atoms with Crippen LogP contribution in [-0.2, 0) is 10.0 Å². The highest BCUT2D eigenvalue weighted by molar-refractivity contribution is 7.92. The van der Waals surface area contributed by atoms with Crippen molar-refractivity contribution in [3.8, 4) is 5.75 Å². The molecule has 156 valence electrons. The number of anilines is 1. The summed E-state index contributed by atoms with van der Waals surface area (Å²) in [5.74, 6) is -1.59. The van der Waals surface area contributed by atoms with E-state index in [-0.39, 0.29) is 27.6 Å². The fraction of sp³-hybridized carbons (Fsp3) is 0.143. The monoisotopic (exact) mass is 448 g/mol. The molecule has 0 radical (unpaired) electrons. The lowest BCUT2D eigenvalue weighted by Crippen LogP contribution is -2.18. The van der Waals surface area contributed by atoms with Crippen molar-refractivity contribution in [3.63, 3.8) is 0 Å². The van der Waals surface area contributed by atoms with Gasteiger partial charge in [-0.25, -0.2) is 12.8 Å². The number of halogens is 2. The normalized spacial score (nSPS) is 11.2. The Kier molecular flexibility index (Phi) is 6.09. The van der Waals surface area contributed by atoms with Gasteiger partial charge in [-0.15, -0.1) is 0 Å². The van der Waals surface area contributed by atoms with Gasteiger partial charge in [0.15, 0.2) is 0 Å². The van der Waals surface area contributed by atoms with Crippen LogP contribution in [0.15, 0.2) is 53.6 Å². The van der Waals surface area contributed by atoms with E-state index >= 15 is 0 Å². The lowest BCUT2D eigenvalue weighted by Gasteiger charge is -2.14. The number of aromatic nitrogens is 1. The maximum atomic E-state index is 14.4. The van der Waals surface area contributed by atoms with Gasteiger partial charge in [0.2, 0.25) is 5.78 Å². The number of pyridine rings is 1. The van der Waals surface area contributed by atoms with E-state index in [2.05, 4.69) is 9.71 Å². The van der Waals surface area contributed by atoms with Crippen LogP contribution >= 0.6 is 11.6 Å². The Balaban J connectivity index is 2.09. The molecule has 0 saturated heterocycles. The Morgan fingerprint density at radius 2 is 1.90 bits per heavy atom. The van der Waals surface area contributed by atoms with Crippen LogP contribution in [0, 0.1) is 19.7 Å². The van der Waals surface area contributed by atoms with E-state index in [9.17, 15) is 17.6 Å². The molecule has 3 aromatic rings. The molecule has 2 aromatic carbocycles. The lowest BCUT2D eigenvalue weighted by molar-refractivity contribution is 0.102. The molecule has 0 amide bonds. The molecule has 0 spiro atoms. The molecule has 0 aliphatic carbocycles. The second-order valence-electron chi connectivity index (χ2n) is 6.57. The molecule has 9 heteroatoms. The zero-order chi connectivity index (χ0) is 22.1. The van der Waals surface area contributed by atoms with Crippen molar-refractivity contribution >= 4 is 33.1 Å². The smallest absolute Gasteiger partial charge is 0.261 e. The second-order valence-corrected chi connectivity index (χ2v) is 8.66. The number of carbonyl (C=O) groups is 1. The summed E-state index contributed by atoms with van der Waals surface area (Å²) >= 11 is 5.97. The average Bonchev–Trinajstić information content (AvgIpc) is 2.69. The largest absolute Gasteiger partial charge is 0.496 e. The molecule has 0 atom stereocenters. The first-order valence-corrected chi connectivity index (χ1v) is 10.6. The standard InChI is InChI=1S/C21H18ClFN2O4S/c1-12-9-17(25-30(27,28)14-7-8-15(22)13(2)10-14)20(24-11-12)21(26)19-16(23)5-4-6-18(19)29-3/h4-11,25H,1-3H3. The number of methoxy groups -OCH3 is 1. The molecule has 1 aromatic heterocycles. The van der Waals surface area contributed by atoms with Gasteiger partial charge in [-0.05, 0) is 61.4 Å². The maximum Gasteiger partial charge on any atom is 0.261 e. The molecule has 0 unspecified atom stereocenters. The summed E-state index contributed by atoms with van der Waals surface area (Å²) in [6.45, 7) is 3.37. The van der Waals surface area contributed by atoms with Crippen LogP contribution in [-0.4, -0.2) is 26.3 Å². The summed E-state index contributed by atoms with van der Waals surface area (Å²) < 4.78 is 47.6. The SMILES string of the molecule is COc1cccc(F)c1C(=O)c1ncc(C)cc1NS(=O)(=O)c1ccc(Cl)c(C)c1. The molecule has 0 saturated carbocycles. The van der Waals surface area contributed by atoms with E-state index in [1.54, 1.807) is 13.8 Å². The third-order valence-electron chi connectivity index (χ3n) is 4.35. The second kappa shape index (κ2) is 8.41. The Labute approximate surface area is 178 Å². The molecule has 6 nitrogen and oxygen atoms in total. The summed E-state index contributed by atoms with van der Waals surface area (Å²) in [6.07, 6.45) is 1.39. The summed E-state index contributed by atoms with van der Waals surface area (Å²) in [4.78, 5) is 17.1. The van der Waals surface area contributed by atoms with E-state index in [0.717, 1.165) is 6.07 Å². The van der Waals surface area contributed by atoms with Crippen LogP contribution in [0.3, 0.4) is 0 Å². The van der Waals surface area contributed by atoms with Crippen molar-refractivity contribution < 1.29 is 22.3 Å². The topological polar surface area (TPSA) is 85.4 Å². The number of sulfonamides is 1. The van der Waals surface area contributed by atoms with Crippen molar-refractivity contribution in [2.75, 3.05) is 11.8 Å². The average molecular weight is 449 g/mol. The van der Waals surface area contributed by atoms with E-state index in [1.165, 1.54) is 49.7 Å². The number of benzene rings is 2. The first-order valence-electron chi connectivity index (χ1n) is 8.77. The Morgan fingerprint density at radius 1 is 1.17 bits per heavy atom. The van der Waals surface area contributed by atoms with Crippen molar-refractivity contribution in [1.29, 1.82) is 0 Å². The number of ketones is 1. The third kappa shape index (κ3) is 4.29. The quantitative estimate of drug-likeness (QED) is 0.560. The highest BCUT2D eigenvalue weighted by Crippen LogP contribution is 2.28. The zero-order valence-corrected chi connectivity index (χ0v) is 17.9. The molecule has 1 heterocycles. The van der Waals surface area contributed by atoms with Crippen LogP contribution in [0.2, 0.25) is 5.02 Å². The van der Waals surface area contributed by atoms with Crippen LogP contribution < -0.4 is 9.46 Å². The Morgan fingerprint density at radius 3 is 2.57 bits per heavy atom. The van der Waals surface area contributed by atoms with Crippen molar-refractivity contribution in [2.45, 2.75) is 18.7 Å². The molecule has 0 aliphatic heterocycles.